The summed E-state index contributed by atoms with van der Waals surface area (Å²) in [6.07, 6.45) is 0.803. The number of hydroxylamine groups is 1. The van der Waals surface area contributed by atoms with Gasteiger partial charge in [-0.05, 0) is 17.7 Å². The van der Waals surface area contributed by atoms with Crippen molar-refractivity contribution < 1.29 is 14.8 Å². The first kappa shape index (κ1) is 13.6. The molecule has 0 saturated carbocycles. The molecule has 1 aromatic rings. The maximum absolute atomic E-state index is 10.9. The first-order valence-electron chi connectivity index (χ1n) is 4.41. The summed E-state index contributed by atoms with van der Waals surface area (Å²) in [5, 5.41) is 13.5. The second-order valence-corrected chi connectivity index (χ2v) is 3.67. The lowest BCUT2D eigenvalue weighted by Crippen LogP contribution is -2.34. The fourth-order valence-electron chi connectivity index (χ4n) is 0.931. The Bertz CT molecular complexity index is 426. The van der Waals surface area contributed by atoms with Crippen molar-refractivity contribution in [2.45, 2.75) is 6.61 Å². The summed E-state index contributed by atoms with van der Waals surface area (Å²) in [5.41, 5.74) is 2.82. The van der Waals surface area contributed by atoms with E-state index in [4.69, 9.17) is 33.2 Å². The molecule has 0 aliphatic heterocycles. The average molecular weight is 278 g/mol. The van der Waals surface area contributed by atoms with E-state index in [-0.39, 0.29) is 6.61 Å². The van der Waals surface area contributed by atoms with E-state index in [1.54, 1.807) is 18.2 Å². The van der Waals surface area contributed by atoms with Crippen LogP contribution in [0, 0.1) is 0 Å². The van der Waals surface area contributed by atoms with Crippen molar-refractivity contribution in [2.75, 3.05) is 0 Å². The molecule has 0 radical (unpaired) electrons. The molecule has 0 saturated heterocycles. The minimum atomic E-state index is -0.664. The third kappa shape index (κ3) is 4.90. The Balaban J connectivity index is 2.35. The Kier molecular flexibility index (Phi) is 5.55. The lowest BCUT2D eigenvalue weighted by Gasteiger charge is -2.05. The molecule has 8 heteroatoms. The minimum Gasteiger partial charge on any atom is -0.410 e. The summed E-state index contributed by atoms with van der Waals surface area (Å²) < 4.78 is 0. The molecule has 0 aromatic heterocycles. The fraction of sp³-hybridized carbons (Fsp3) is 0.111. The molecule has 3 N–H and O–H groups in total. The van der Waals surface area contributed by atoms with Gasteiger partial charge < -0.3 is 5.21 Å². The van der Waals surface area contributed by atoms with E-state index in [0.717, 1.165) is 11.9 Å². The van der Waals surface area contributed by atoms with Gasteiger partial charge in [0, 0.05) is 0 Å². The van der Waals surface area contributed by atoms with Gasteiger partial charge in [-0.25, -0.2) is 10.3 Å². The highest BCUT2D eigenvalue weighted by Gasteiger charge is 2.01. The Labute approximate surface area is 107 Å². The van der Waals surface area contributed by atoms with Crippen molar-refractivity contribution in [3.63, 3.8) is 0 Å². The van der Waals surface area contributed by atoms with Crippen LogP contribution in [0.15, 0.2) is 23.4 Å². The maximum atomic E-state index is 10.9. The lowest BCUT2D eigenvalue weighted by molar-refractivity contribution is 0.0506. The van der Waals surface area contributed by atoms with Gasteiger partial charge in [-0.1, -0.05) is 34.4 Å². The Morgan fingerprint density at radius 3 is 2.88 bits per heavy atom. The molecular formula is C9H9Cl2N3O3. The quantitative estimate of drug-likeness (QED) is 0.341. The standard InChI is InChI=1S/C9H9Cl2N3O3/c10-7-2-1-6(3-8(7)11)4-17-14-9(15)12-5-13-16/h1-3,5,16H,4H2,(H2,12,13,14,15). The van der Waals surface area contributed by atoms with Crippen LogP contribution >= 0.6 is 23.2 Å². The predicted octanol–water partition coefficient (Wildman–Crippen LogP) is 2.14. The Hall–Kier alpha value is -1.50. The number of amides is 2. The third-order valence-corrected chi connectivity index (χ3v) is 2.38. The molecule has 0 heterocycles. The van der Waals surface area contributed by atoms with Crippen molar-refractivity contribution >= 4 is 35.6 Å². The van der Waals surface area contributed by atoms with Crippen LogP contribution in [0.1, 0.15) is 5.56 Å². The highest BCUT2D eigenvalue weighted by molar-refractivity contribution is 6.42. The number of nitrogens with one attached hydrogen (secondary N) is 2. The molecule has 92 valence electrons. The number of halogens is 2. The highest BCUT2D eigenvalue weighted by atomic mass is 35.5. The van der Waals surface area contributed by atoms with Crippen molar-refractivity contribution in [1.29, 1.82) is 0 Å². The molecule has 0 aliphatic rings. The number of hydrogen-bond donors (Lipinski definition) is 3. The Morgan fingerprint density at radius 2 is 2.24 bits per heavy atom. The summed E-state index contributed by atoms with van der Waals surface area (Å²) in [5.74, 6) is 0. The zero-order valence-corrected chi connectivity index (χ0v) is 10.00. The summed E-state index contributed by atoms with van der Waals surface area (Å²) in [4.78, 5) is 15.8. The molecule has 2 amide bonds. The summed E-state index contributed by atoms with van der Waals surface area (Å²) in [6, 6.07) is 4.30. The molecule has 0 unspecified atom stereocenters. The molecule has 0 fully saturated rings. The van der Waals surface area contributed by atoms with Gasteiger partial charge in [0.25, 0.3) is 0 Å². The number of nitrogens with zero attached hydrogens (tertiary/aromatic N) is 1. The van der Waals surface area contributed by atoms with Gasteiger partial charge in [0.1, 0.15) is 6.34 Å². The van der Waals surface area contributed by atoms with Crippen molar-refractivity contribution in [1.82, 2.24) is 10.8 Å². The third-order valence-electron chi connectivity index (χ3n) is 1.64. The zero-order valence-electron chi connectivity index (χ0n) is 8.48. The van der Waals surface area contributed by atoms with Crippen LogP contribution in [0.4, 0.5) is 4.79 Å². The van der Waals surface area contributed by atoms with Gasteiger partial charge in [0.05, 0.1) is 16.7 Å². The van der Waals surface area contributed by atoms with E-state index in [1.165, 1.54) is 0 Å². The molecule has 0 atom stereocenters. The summed E-state index contributed by atoms with van der Waals surface area (Å²) in [6.45, 7) is 0.126. The SMILES string of the molecule is O=C(N/C=N/O)NOCc1ccc(Cl)c(Cl)c1. The van der Waals surface area contributed by atoms with Crippen LogP contribution in [0.2, 0.25) is 10.0 Å². The average Bonchev–Trinajstić information content (AvgIpc) is 2.31. The smallest absolute Gasteiger partial charge is 0.343 e. The number of carbonyl (C=O) groups excluding carboxylic acids is 1. The summed E-state index contributed by atoms with van der Waals surface area (Å²) in [7, 11) is 0. The zero-order chi connectivity index (χ0) is 12.7. The van der Waals surface area contributed by atoms with E-state index in [9.17, 15) is 4.79 Å². The van der Waals surface area contributed by atoms with Gasteiger partial charge in [-0.2, -0.15) is 0 Å². The number of urea groups is 1. The number of benzene rings is 1. The van der Waals surface area contributed by atoms with E-state index in [1.807, 2.05) is 0 Å². The van der Waals surface area contributed by atoms with Crippen molar-refractivity contribution in [2.24, 2.45) is 5.16 Å². The molecule has 0 spiro atoms. The van der Waals surface area contributed by atoms with Crippen LogP contribution in [-0.4, -0.2) is 17.6 Å². The molecule has 0 bridgehead atoms. The number of hydrogen-bond acceptors (Lipinski definition) is 4. The van der Waals surface area contributed by atoms with E-state index >= 15 is 0 Å². The van der Waals surface area contributed by atoms with Gasteiger partial charge in [0.2, 0.25) is 0 Å². The minimum absolute atomic E-state index is 0.126. The topological polar surface area (TPSA) is 83.0 Å². The molecule has 17 heavy (non-hydrogen) atoms. The fourth-order valence-corrected chi connectivity index (χ4v) is 1.25. The van der Waals surface area contributed by atoms with Crippen molar-refractivity contribution in [3.05, 3.63) is 33.8 Å². The van der Waals surface area contributed by atoms with Gasteiger partial charge in [0.15, 0.2) is 0 Å². The van der Waals surface area contributed by atoms with Crippen LogP contribution in [0.25, 0.3) is 0 Å². The predicted molar refractivity (Wildman–Crippen MR) is 63.2 cm³/mol. The Morgan fingerprint density at radius 1 is 1.47 bits per heavy atom. The van der Waals surface area contributed by atoms with Crippen LogP contribution in [0.5, 0.6) is 0 Å². The van der Waals surface area contributed by atoms with E-state index in [0.29, 0.717) is 10.0 Å². The van der Waals surface area contributed by atoms with E-state index < -0.39 is 6.03 Å². The van der Waals surface area contributed by atoms with Gasteiger partial charge >= 0.3 is 6.03 Å². The van der Waals surface area contributed by atoms with Gasteiger partial charge in [-0.3, -0.25) is 10.2 Å². The largest absolute Gasteiger partial charge is 0.410 e. The molecule has 1 rings (SSSR count). The molecule has 0 aliphatic carbocycles. The van der Waals surface area contributed by atoms with Crippen molar-refractivity contribution in [3.8, 4) is 0 Å². The van der Waals surface area contributed by atoms with Gasteiger partial charge in [-0.15, -0.1) is 0 Å². The normalized spacial score (nSPS) is 10.5. The maximum Gasteiger partial charge on any atom is 0.343 e. The molecule has 6 nitrogen and oxygen atoms in total. The molecule has 1 aromatic carbocycles. The second kappa shape index (κ2) is 6.95. The van der Waals surface area contributed by atoms with Crippen LogP contribution < -0.4 is 10.8 Å². The number of rotatable bonds is 4. The van der Waals surface area contributed by atoms with E-state index in [2.05, 4.69) is 16.0 Å². The van der Waals surface area contributed by atoms with Crippen LogP contribution in [0.3, 0.4) is 0 Å². The molecular weight excluding hydrogens is 269 g/mol. The number of carbonyl (C=O) groups is 1. The monoisotopic (exact) mass is 277 g/mol. The van der Waals surface area contributed by atoms with Crippen LogP contribution in [-0.2, 0) is 11.4 Å². The first-order chi connectivity index (χ1) is 8.13. The summed E-state index contributed by atoms with van der Waals surface area (Å²) >= 11 is 11.5. The first-order valence-corrected chi connectivity index (χ1v) is 5.17. The highest BCUT2D eigenvalue weighted by Crippen LogP contribution is 2.22. The lowest BCUT2D eigenvalue weighted by atomic mass is 10.2. The number of oxime groups is 1. The second-order valence-electron chi connectivity index (χ2n) is 2.86.